The first kappa shape index (κ1) is 24.7. The molecule has 2 N–H and O–H groups in total. The lowest BCUT2D eigenvalue weighted by atomic mass is 10.1. The summed E-state index contributed by atoms with van der Waals surface area (Å²) in [6.45, 7) is 5.70. The third-order valence-electron chi connectivity index (χ3n) is 5.71. The summed E-state index contributed by atoms with van der Waals surface area (Å²) in [5.41, 5.74) is 2.34. The molecule has 0 bridgehead atoms. The molecule has 0 unspecified atom stereocenters. The minimum Gasteiger partial charge on any atom is -0.347 e. The Labute approximate surface area is 200 Å². The van der Waals surface area contributed by atoms with Gasteiger partial charge in [0, 0.05) is 45.0 Å². The maximum Gasteiger partial charge on any atom is 0.313 e. The van der Waals surface area contributed by atoms with E-state index >= 15 is 0 Å². The zero-order valence-corrected chi connectivity index (χ0v) is 19.7. The Hall–Kier alpha value is -2.90. The van der Waals surface area contributed by atoms with Crippen molar-refractivity contribution in [2.24, 2.45) is 0 Å². The number of anilines is 1. The summed E-state index contributed by atoms with van der Waals surface area (Å²) in [5, 5.41) is 5.76. The molecular formula is C25H31ClN4O3. The van der Waals surface area contributed by atoms with Gasteiger partial charge in [-0.1, -0.05) is 49.2 Å². The van der Waals surface area contributed by atoms with E-state index in [0.717, 1.165) is 19.3 Å². The highest BCUT2D eigenvalue weighted by molar-refractivity contribution is 6.39. The first-order chi connectivity index (χ1) is 16.0. The lowest BCUT2D eigenvalue weighted by Gasteiger charge is -2.34. The number of unbranched alkanes of at least 4 members (excludes halogenated alkanes) is 1. The number of aryl methyl sites for hydroxylation is 1. The zero-order valence-electron chi connectivity index (χ0n) is 19.0. The number of hydrogen-bond acceptors (Lipinski definition) is 4. The molecule has 0 atom stereocenters. The van der Waals surface area contributed by atoms with E-state index in [1.807, 2.05) is 24.3 Å². The van der Waals surface area contributed by atoms with Crippen molar-refractivity contribution >= 4 is 35.0 Å². The van der Waals surface area contributed by atoms with Crippen LogP contribution in [0, 0.1) is 0 Å². The first-order valence-electron chi connectivity index (χ1n) is 11.4. The highest BCUT2D eigenvalue weighted by atomic mass is 35.5. The molecule has 1 saturated heterocycles. The largest absolute Gasteiger partial charge is 0.347 e. The van der Waals surface area contributed by atoms with Gasteiger partial charge in [-0.3, -0.25) is 19.3 Å². The molecular weight excluding hydrogens is 440 g/mol. The van der Waals surface area contributed by atoms with Crippen molar-refractivity contribution in [1.29, 1.82) is 0 Å². The predicted molar refractivity (Wildman–Crippen MR) is 130 cm³/mol. The van der Waals surface area contributed by atoms with E-state index in [0.29, 0.717) is 55.5 Å². The number of piperazine rings is 1. The van der Waals surface area contributed by atoms with Gasteiger partial charge in [-0.15, -0.1) is 0 Å². The number of amides is 3. The Morgan fingerprint density at radius 3 is 2.30 bits per heavy atom. The highest BCUT2D eigenvalue weighted by Gasteiger charge is 2.23. The molecule has 0 radical (unpaired) electrons. The molecule has 1 fully saturated rings. The molecule has 33 heavy (non-hydrogen) atoms. The van der Waals surface area contributed by atoms with Gasteiger partial charge in [0.2, 0.25) is 0 Å². The van der Waals surface area contributed by atoms with E-state index in [1.54, 1.807) is 29.2 Å². The Bertz CT molecular complexity index is 956. The Balaban J connectivity index is 1.36. The van der Waals surface area contributed by atoms with E-state index in [9.17, 15) is 14.4 Å². The monoisotopic (exact) mass is 470 g/mol. The van der Waals surface area contributed by atoms with Crippen LogP contribution in [-0.4, -0.2) is 66.8 Å². The molecule has 0 spiro atoms. The third-order valence-corrected chi connectivity index (χ3v) is 6.04. The number of carbonyl (C=O) groups is 3. The minimum absolute atomic E-state index is 0.0661. The number of carbonyl (C=O) groups excluding carboxylic acids is 3. The van der Waals surface area contributed by atoms with Gasteiger partial charge in [0.25, 0.3) is 5.91 Å². The lowest BCUT2D eigenvalue weighted by Crippen LogP contribution is -2.50. The number of nitrogens with one attached hydrogen (secondary N) is 2. The van der Waals surface area contributed by atoms with Gasteiger partial charge < -0.3 is 15.5 Å². The quantitative estimate of drug-likeness (QED) is 0.580. The van der Waals surface area contributed by atoms with Crippen LogP contribution >= 0.6 is 11.6 Å². The van der Waals surface area contributed by atoms with Crippen LogP contribution < -0.4 is 10.6 Å². The third kappa shape index (κ3) is 7.30. The first-order valence-corrected chi connectivity index (χ1v) is 11.8. The van der Waals surface area contributed by atoms with Gasteiger partial charge in [0.15, 0.2) is 0 Å². The molecule has 3 amide bonds. The standard InChI is InChI=1S/C25H31ClN4O3/c1-2-3-6-19-9-11-20(12-10-19)28-24(32)23(31)27-13-14-29-15-17-30(18-16-29)25(33)21-7-4-5-8-22(21)26/h4-5,7-12H,2-3,6,13-18H2,1H3,(H,27,31)(H,28,32). The molecule has 1 aliphatic heterocycles. The number of halogens is 1. The van der Waals surface area contributed by atoms with Crippen LogP contribution in [-0.2, 0) is 16.0 Å². The molecule has 1 aliphatic rings. The maximum atomic E-state index is 12.6. The predicted octanol–water partition coefficient (Wildman–Crippen LogP) is 3.20. The fraction of sp³-hybridized carbons (Fsp3) is 0.400. The van der Waals surface area contributed by atoms with Gasteiger partial charge in [0.1, 0.15) is 0 Å². The van der Waals surface area contributed by atoms with Crippen molar-refractivity contribution in [1.82, 2.24) is 15.1 Å². The second kappa shape index (κ2) is 12.4. The molecule has 2 aromatic carbocycles. The number of hydrogen-bond donors (Lipinski definition) is 2. The number of benzene rings is 2. The molecule has 7 nitrogen and oxygen atoms in total. The number of rotatable bonds is 8. The molecule has 176 valence electrons. The Morgan fingerprint density at radius 1 is 0.939 bits per heavy atom. The van der Waals surface area contributed by atoms with Crippen LogP contribution in [0.4, 0.5) is 5.69 Å². The van der Waals surface area contributed by atoms with E-state index in [-0.39, 0.29) is 5.91 Å². The van der Waals surface area contributed by atoms with Crippen molar-refractivity contribution in [3.8, 4) is 0 Å². The average molecular weight is 471 g/mol. The van der Waals surface area contributed by atoms with Crippen LogP contribution in [0.15, 0.2) is 48.5 Å². The molecule has 8 heteroatoms. The second-order valence-corrected chi connectivity index (χ2v) is 8.53. The van der Waals surface area contributed by atoms with Crippen LogP contribution in [0.1, 0.15) is 35.7 Å². The summed E-state index contributed by atoms with van der Waals surface area (Å²) in [6.07, 6.45) is 3.27. The summed E-state index contributed by atoms with van der Waals surface area (Å²) < 4.78 is 0. The van der Waals surface area contributed by atoms with Crippen molar-refractivity contribution < 1.29 is 14.4 Å². The van der Waals surface area contributed by atoms with Crippen LogP contribution in [0.2, 0.25) is 5.02 Å². The van der Waals surface area contributed by atoms with E-state index in [4.69, 9.17) is 11.6 Å². The van der Waals surface area contributed by atoms with E-state index in [1.165, 1.54) is 5.56 Å². The maximum absolute atomic E-state index is 12.6. The van der Waals surface area contributed by atoms with Gasteiger partial charge in [-0.2, -0.15) is 0 Å². The molecule has 0 aliphatic carbocycles. The van der Waals surface area contributed by atoms with Gasteiger partial charge in [-0.25, -0.2) is 0 Å². The van der Waals surface area contributed by atoms with Crippen molar-refractivity contribution in [3.05, 3.63) is 64.7 Å². The summed E-state index contributed by atoms with van der Waals surface area (Å²) in [4.78, 5) is 40.8. The van der Waals surface area contributed by atoms with Gasteiger partial charge in [0.05, 0.1) is 10.6 Å². The minimum atomic E-state index is -0.675. The topological polar surface area (TPSA) is 81.8 Å². The molecule has 3 rings (SSSR count). The average Bonchev–Trinajstić information content (AvgIpc) is 2.84. The lowest BCUT2D eigenvalue weighted by molar-refractivity contribution is -0.136. The van der Waals surface area contributed by atoms with E-state index in [2.05, 4.69) is 22.5 Å². The zero-order chi connectivity index (χ0) is 23.6. The van der Waals surface area contributed by atoms with Crippen molar-refractivity contribution in [2.45, 2.75) is 26.2 Å². The van der Waals surface area contributed by atoms with Crippen molar-refractivity contribution in [3.63, 3.8) is 0 Å². The number of nitrogens with zero attached hydrogens (tertiary/aromatic N) is 2. The summed E-state index contributed by atoms with van der Waals surface area (Å²) in [5.74, 6) is -1.40. The molecule has 0 aromatic heterocycles. The summed E-state index contributed by atoms with van der Waals surface area (Å²) >= 11 is 6.14. The van der Waals surface area contributed by atoms with Crippen LogP contribution in [0.3, 0.4) is 0 Å². The molecule has 2 aromatic rings. The normalized spacial score (nSPS) is 14.1. The second-order valence-electron chi connectivity index (χ2n) is 8.12. The van der Waals surface area contributed by atoms with Gasteiger partial charge >= 0.3 is 11.8 Å². The van der Waals surface area contributed by atoms with Crippen LogP contribution in [0.5, 0.6) is 0 Å². The van der Waals surface area contributed by atoms with Crippen molar-refractivity contribution in [2.75, 3.05) is 44.6 Å². The fourth-order valence-electron chi connectivity index (χ4n) is 3.71. The Morgan fingerprint density at radius 2 is 1.64 bits per heavy atom. The summed E-state index contributed by atoms with van der Waals surface area (Å²) in [6, 6.07) is 14.6. The summed E-state index contributed by atoms with van der Waals surface area (Å²) in [7, 11) is 0. The molecule has 1 heterocycles. The highest BCUT2D eigenvalue weighted by Crippen LogP contribution is 2.18. The van der Waals surface area contributed by atoms with Gasteiger partial charge in [-0.05, 0) is 42.7 Å². The SMILES string of the molecule is CCCCc1ccc(NC(=O)C(=O)NCCN2CCN(C(=O)c3ccccc3Cl)CC2)cc1. The smallest absolute Gasteiger partial charge is 0.313 e. The van der Waals surface area contributed by atoms with Crippen LogP contribution in [0.25, 0.3) is 0 Å². The fourth-order valence-corrected chi connectivity index (χ4v) is 3.93. The Kier molecular flexibility index (Phi) is 9.27. The molecule has 0 saturated carbocycles. The van der Waals surface area contributed by atoms with E-state index < -0.39 is 11.8 Å².